The molecule has 0 fully saturated rings. The Morgan fingerprint density at radius 2 is 1.61 bits per heavy atom. The molecule has 0 N–H and O–H groups in total. The van der Waals surface area contributed by atoms with Gasteiger partial charge in [-0.25, -0.2) is 0 Å². The normalized spacial score (nSPS) is 10.8. The second kappa shape index (κ2) is 11.4. The van der Waals surface area contributed by atoms with E-state index in [9.17, 15) is 4.79 Å². The van der Waals surface area contributed by atoms with Crippen LogP contribution in [0.15, 0.2) is 77.3 Å². The van der Waals surface area contributed by atoms with E-state index in [1.165, 1.54) is 0 Å². The second-order valence-electron chi connectivity index (χ2n) is 6.71. The van der Waals surface area contributed by atoms with Gasteiger partial charge >= 0.3 is 0 Å². The summed E-state index contributed by atoms with van der Waals surface area (Å²) in [4.78, 5) is 12.3. The molecule has 0 atom stereocenters. The van der Waals surface area contributed by atoms with E-state index in [0.717, 1.165) is 27.1 Å². The fourth-order valence-corrected chi connectivity index (χ4v) is 3.21. The Labute approximate surface area is 191 Å². The molecule has 0 aliphatic rings. The molecule has 31 heavy (non-hydrogen) atoms. The van der Waals surface area contributed by atoms with Crippen molar-refractivity contribution in [3.05, 3.63) is 94.0 Å². The summed E-state index contributed by atoms with van der Waals surface area (Å²) in [6, 6.07) is 20.7. The summed E-state index contributed by atoms with van der Waals surface area (Å²) in [7, 11) is 0. The fourth-order valence-electron chi connectivity index (χ4n) is 2.94. The summed E-state index contributed by atoms with van der Waals surface area (Å²) in [5.41, 5.74) is 2.52. The highest BCUT2D eigenvalue weighted by Gasteiger charge is 2.07. The molecule has 160 valence electrons. The quantitative estimate of drug-likeness (QED) is 0.238. The monoisotopic (exact) mass is 480 g/mol. The van der Waals surface area contributed by atoms with Gasteiger partial charge in [-0.15, -0.1) is 0 Å². The average molecular weight is 481 g/mol. The number of halogens is 1. The van der Waals surface area contributed by atoms with E-state index >= 15 is 0 Å². The van der Waals surface area contributed by atoms with Crippen molar-refractivity contribution >= 4 is 27.8 Å². The van der Waals surface area contributed by atoms with E-state index in [1.807, 2.05) is 68.4 Å². The maximum atomic E-state index is 12.3. The lowest BCUT2D eigenvalue weighted by Crippen LogP contribution is -2.01. The van der Waals surface area contributed by atoms with E-state index in [0.29, 0.717) is 31.1 Å². The van der Waals surface area contributed by atoms with Crippen molar-refractivity contribution in [2.45, 2.75) is 20.5 Å². The van der Waals surface area contributed by atoms with Crippen LogP contribution in [0.1, 0.15) is 35.3 Å². The molecule has 3 rings (SSSR count). The Morgan fingerprint density at radius 3 is 2.35 bits per heavy atom. The number of allylic oxidation sites excluding steroid dienone is 1. The minimum atomic E-state index is -0.0448. The van der Waals surface area contributed by atoms with Crippen LogP contribution in [0, 0.1) is 0 Å². The van der Waals surface area contributed by atoms with Gasteiger partial charge in [-0.1, -0.05) is 40.2 Å². The van der Waals surface area contributed by atoms with Gasteiger partial charge in [-0.2, -0.15) is 0 Å². The number of hydrogen-bond acceptors (Lipinski definition) is 4. The van der Waals surface area contributed by atoms with Crippen LogP contribution in [-0.2, 0) is 6.61 Å². The Balaban J connectivity index is 1.64. The van der Waals surface area contributed by atoms with Gasteiger partial charge in [0.2, 0.25) is 0 Å². The third kappa shape index (κ3) is 6.72. The van der Waals surface area contributed by atoms with Crippen LogP contribution in [0.25, 0.3) is 6.08 Å². The van der Waals surface area contributed by atoms with Crippen molar-refractivity contribution < 1.29 is 19.0 Å². The minimum absolute atomic E-state index is 0.0448. The highest BCUT2D eigenvalue weighted by molar-refractivity contribution is 9.10. The minimum Gasteiger partial charge on any atom is -0.490 e. The van der Waals surface area contributed by atoms with Crippen LogP contribution in [0.2, 0.25) is 0 Å². The molecule has 4 nitrogen and oxygen atoms in total. The van der Waals surface area contributed by atoms with Crippen LogP contribution < -0.4 is 14.2 Å². The summed E-state index contributed by atoms with van der Waals surface area (Å²) in [6.07, 6.45) is 3.37. The smallest absolute Gasteiger partial charge is 0.185 e. The number of carbonyl (C=O) groups is 1. The van der Waals surface area contributed by atoms with Crippen LogP contribution in [-0.4, -0.2) is 19.0 Å². The number of ether oxygens (including phenoxy) is 3. The van der Waals surface area contributed by atoms with Crippen LogP contribution in [0.5, 0.6) is 17.2 Å². The lowest BCUT2D eigenvalue weighted by atomic mass is 10.1. The molecule has 0 bridgehead atoms. The van der Waals surface area contributed by atoms with E-state index in [4.69, 9.17) is 14.2 Å². The molecule has 5 heteroatoms. The number of hydrogen-bond donors (Lipinski definition) is 0. The van der Waals surface area contributed by atoms with Gasteiger partial charge in [0.1, 0.15) is 12.4 Å². The maximum Gasteiger partial charge on any atom is 0.185 e. The lowest BCUT2D eigenvalue weighted by Gasteiger charge is -2.13. The van der Waals surface area contributed by atoms with Gasteiger partial charge in [-0.3, -0.25) is 4.79 Å². The molecule has 0 aliphatic carbocycles. The Hall–Kier alpha value is -3.05. The van der Waals surface area contributed by atoms with Crippen LogP contribution in [0.3, 0.4) is 0 Å². The van der Waals surface area contributed by atoms with Crippen molar-refractivity contribution in [3.63, 3.8) is 0 Å². The lowest BCUT2D eigenvalue weighted by molar-refractivity contribution is 0.104. The first-order chi connectivity index (χ1) is 15.1. The van der Waals surface area contributed by atoms with Crippen molar-refractivity contribution in [2.75, 3.05) is 13.2 Å². The molecule has 0 amide bonds. The first-order valence-electron chi connectivity index (χ1n) is 10.2. The molecule has 0 unspecified atom stereocenters. The van der Waals surface area contributed by atoms with Gasteiger partial charge in [0.15, 0.2) is 17.3 Å². The molecule has 0 radical (unpaired) electrons. The van der Waals surface area contributed by atoms with Crippen molar-refractivity contribution in [2.24, 2.45) is 0 Å². The highest BCUT2D eigenvalue weighted by Crippen LogP contribution is 2.29. The molecule has 0 aromatic heterocycles. The maximum absolute atomic E-state index is 12.3. The number of ketones is 1. The zero-order valence-corrected chi connectivity index (χ0v) is 19.2. The first kappa shape index (κ1) is 22.6. The molecule has 0 heterocycles. The predicted molar refractivity (Wildman–Crippen MR) is 127 cm³/mol. The van der Waals surface area contributed by atoms with Gasteiger partial charge in [0, 0.05) is 10.0 Å². The van der Waals surface area contributed by atoms with Crippen molar-refractivity contribution in [1.29, 1.82) is 0 Å². The van der Waals surface area contributed by atoms with Gasteiger partial charge < -0.3 is 14.2 Å². The standard InChI is InChI=1S/C26H25BrO4/c1-3-29-25-15-9-20(17-26(25)30-4-2)18-31-23-7-5-6-19(16-23)8-14-24(28)21-10-12-22(27)13-11-21/h5-17H,3-4,18H2,1-2H3/b14-8+. The molecule has 0 spiro atoms. The molecular weight excluding hydrogens is 456 g/mol. The third-order valence-electron chi connectivity index (χ3n) is 4.43. The Kier molecular flexibility index (Phi) is 8.30. The number of carbonyl (C=O) groups excluding carboxylic acids is 1. The number of benzene rings is 3. The average Bonchev–Trinajstić information content (AvgIpc) is 2.78. The Bertz CT molecular complexity index is 1040. The van der Waals surface area contributed by atoms with Crippen LogP contribution in [0.4, 0.5) is 0 Å². The molecule has 0 saturated heterocycles. The SMILES string of the molecule is CCOc1ccc(COc2cccc(/C=C/C(=O)c3ccc(Br)cc3)c2)cc1OCC. The van der Waals surface area contributed by atoms with Crippen LogP contribution >= 0.6 is 15.9 Å². The highest BCUT2D eigenvalue weighted by atomic mass is 79.9. The second-order valence-corrected chi connectivity index (χ2v) is 7.63. The predicted octanol–water partition coefficient (Wildman–Crippen LogP) is 6.72. The largest absolute Gasteiger partial charge is 0.490 e. The zero-order chi connectivity index (χ0) is 22.1. The molecule has 3 aromatic carbocycles. The van der Waals surface area contributed by atoms with E-state index < -0.39 is 0 Å². The molecular formula is C26H25BrO4. The zero-order valence-electron chi connectivity index (χ0n) is 17.6. The van der Waals surface area contributed by atoms with Gasteiger partial charge in [-0.05, 0) is 79.6 Å². The molecule has 0 aliphatic heterocycles. The molecule has 0 saturated carbocycles. The third-order valence-corrected chi connectivity index (χ3v) is 4.96. The fraction of sp³-hybridized carbons (Fsp3) is 0.192. The van der Waals surface area contributed by atoms with Gasteiger partial charge in [0.25, 0.3) is 0 Å². The van der Waals surface area contributed by atoms with Crippen molar-refractivity contribution in [3.8, 4) is 17.2 Å². The summed E-state index contributed by atoms with van der Waals surface area (Å²) >= 11 is 3.38. The number of rotatable bonds is 10. The van der Waals surface area contributed by atoms with E-state index in [1.54, 1.807) is 24.3 Å². The Morgan fingerprint density at radius 1 is 0.871 bits per heavy atom. The summed E-state index contributed by atoms with van der Waals surface area (Å²) in [5.74, 6) is 2.13. The summed E-state index contributed by atoms with van der Waals surface area (Å²) in [5, 5.41) is 0. The van der Waals surface area contributed by atoms with E-state index in [2.05, 4.69) is 15.9 Å². The molecule has 3 aromatic rings. The topological polar surface area (TPSA) is 44.8 Å². The first-order valence-corrected chi connectivity index (χ1v) is 11.0. The van der Waals surface area contributed by atoms with Crippen molar-refractivity contribution in [1.82, 2.24) is 0 Å². The van der Waals surface area contributed by atoms with Gasteiger partial charge in [0.05, 0.1) is 13.2 Å². The van der Waals surface area contributed by atoms with E-state index in [-0.39, 0.29) is 5.78 Å². The summed E-state index contributed by atoms with van der Waals surface area (Å²) in [6.45, 7) is 5.44. The summed E-state index contributed by atoms with van der Waals surface area (Å²) < 4.78 is 18.2.